The number of fused-ring (bicyclic) bond motifs is 1. The molecule has 1 atom stereocenters. The van der Waals surface area contributed by atoms with E-state index in [9.17, 15) is 4.79 Å². The van der Waals surface area contributed by atoms with Crippen molar-refractivity contribution >= 4 is 16.9 Å². The van der Waals surface area contributed by atoms with Gasteiger partial charge in [0, 0.05) is 18.0 Å². The fourth-order valence-corrected chi connectivity index (χ4v) is 1.86. The second-order valence-corrected chi connectivity index (χ2v) is 4.12. The Balaban J connectivity index is 2.17. The van der Waals surface area contributed by atoms with Gasteiger partial charge in [0.2, 0.25) is 0 Å². The summed E-state index contributed by atoms with van der Waals surface area (Å²) in [6, 6.07) is 9.74. The van der Waals surface area contributed by atoms with Crippen molar-refractivity contribution < 1.29 is 14.4 Å². The molecule has 0 saturated heterocycles. The van der Waals surface area contributed by atoms with Crippen molar-refractivity contribution in [1.82, 2.24) is 4.98 Å². The van der Waals surface area contributed by atoms with Crippen LogP contribution in [0.15, 0.2) is 36.5 Å². The van der Waals surface area contributed by atoms with Gasteiger partial charge in [0.1, 0.15) is 0 Å². The minimum absolute atomic E-state index is 0.300. The number of benzene rings is 1. The summed E-state index contributed by atoms with van der Waals surface area (Å²) in [6.45, 7) is 2.04. The van der Waals surface area contributed by atoms with Gasteiger partial charge in [0.05, 0.1) is 12.1 Å². The lowest BCUT2D eigenvalue weighted by atomic mass is 10.1. The maximum Gasteiger partial charge on any atom is 0.337 e. The van der Waals surface area contributed by atoms with Gasteiger partial charge in [-0.25, -0.2) is 10.7 Å². The van der Waals surface area contributed by atoms with E-state index in [-0.39, 0.29) is 0 Å². The van der Waals surface area contributed by atoms with Crippen molar-refractivity contribution in [2.75, 3.05) is 6.61 Å². The molecule has 5 heteroatoms. The zero-order valence-electron chi connectivity index (χ0n) is 10.7. The molecule has 0 aliphatic heterocycles. The molecule has 1 aromatic heterocycles. The summed E-state index contributed by atoms with van der Waals surface area (Å²) >= 11 is 0. The number of pyridine rings is 1. The highest BCUT2D eigenvalue weighted by Crippen LogP contribution is 2.14. The first kappa shape index (κ1) is 13.5. The highest BCUT2D eigenvalue weighted by atomic mass is 16.6. The fourth-order valence-electron chi connectivity index (χ4n) is 1.86. The van der Waals surface area contributed by atoms with Crippen molar-refractivity contribution in [1.29, 1.82) is 0 Å². The Morgan fingerprint density at radius 3 is 2.95 bits per heavy atom. The van der Waals surface area contributed by atoms with Crippen LogP contribution < -0.4 is 5.90 Å². The van der Waals surface area contributed by atoms with Gasteiger partial charge in [0.25, 0.3) is 0 Å². The molecule has 1 aromatic carbocycles. The lowest BCUT2D eigenvalue weighted by Gasteiger charge is -2.13. The number of carbonyl (C=O) groups excluding carboxylic acids is 1. The number of aromatic nitrogens is 1. The molecule has 1 unspecified atom stereocenters. The molecule has 0 spiro atoms. The average molecular weight is 260 g/mol. The first-order valence-corrected chi connectivity index (χ1v) is 6.10. The molecule has 2 aromatic rings. The van der Waals surface area contributed by atoms with Crippen LogP contribution in [0.2, 0.25) is 0 Å². The highest BCUT2D eigenvalue weighted by Gasteiger charge is 2.20. The zero-order chi connectivity index (χ0) is 13.7. The standard InChI is InChI=1S/C14H16N2O3/c1-2-18-14(17)13(19-15)8-10-7-11-5-3-4-6-12(11)16-9-10/h3-7,9,13H,2,8,15H2,1H3. The number of nitrogens with zero attached hydrogens (tertiary/aromatic N) is 1. The maximum atomic E-state index is 11.6. The quantitative estimate of drug-likeness (QED) is 0.653. The van der Waals surface area contributed by atoms with Crippen LogP contribution in [0.3, 0.4) is 0 Å². The molecule has 0 fully saturated rings. The highest BCUT2D eigenvalue weighted by molar-refractivity contribution is 5.79. The van der Waals surface area contributed by atoms with Crippen LogP contribution in [-0.4, -0.2) is 23.7 Å². The maximum absolute atomic E-state index is 11.6. The third-order valence-electron chi connectivity index (χ3n) is 2.78. The van der Waals surface area contributed by atoms with Gasteiger partial charge in [-0.2, -0.15) is 0 Å². The van der Waals surface area contributed by atoms with E-state index in [0.717, 1.165) is 16.5 Å². The summed E-state index contributed by atoms with van der Waals surface area (Å²) in [5, 5.41) is 1.01. The fraction of sp³-hybridized carbons (Fsp3) is 0.286. The third-order valence-corrected chi connectivity index (χ3v) is 2.78. The van der Waals surface area contributed by atoms with E-state index in [0.29, 0.717) is 13.0 Å². The van der Waals surface area contributed by atoms with Gasteiger partial charge in [-0.1, -0.05) is 18.2 Å². The summed E-state index contributed by atoms with van der Waals surface area (Å²) in [4.78, 5) is 20.6. The smallest absolute Gasteiger partial charge is 0.337 e. The predicted molar refractivity (Wildman–Crippen MR) is 71.1 cm³/mol. The SMILES string of the molecule is CCOC(=O)C(Cc1cnc2ccccc2c1)ON. The van der Waals surface area contributed by atoms with Crippen molar-refractivity contribution in [2.24, 2.45) is 5.90 Å². The van der Waals surface area contributed by atoms with E-state index in [1.165, 1.54) is 0 Å². The van der Waals surface area contributed by atoms with Gasteiger partial charge in [0.15, 0.2) is 6.10 Å². The molecule has 0 aliphatic carbocycles. The molecule has 19 heavy (non-hydrogen) atoms. The Morgan fingerprint density at radius 2 is 2.21 bits per heavy atom. The Labute approximate surface area is 111 Å². The number of carbonyl (C=O) groups is 1. The van der Waals surface area contributed by atoms with Crippen LogP contribution in [-0.2, 0) is 20.8 Å². The van der Waals surface area contributed by atoms with Gasteiger partial charge in [-0.05, 0) is 24.6 Å². The number of hydrogen-bond donors (Lipinski definition) is 1. The minimum atomic E-state index is -0.803. The summed E-state index contributed by atoms with van der Waals surface area (Å²) in [5.41, 5.74) is 1.79. The number of para-hydroxylation sites is 1. The number of rotatable bonds is 5. The van der Waals surface area contributed by atoms with Crippen LogP contribution in [0.25, 0.3) is 10.9 Å². The molecule has 0 aliphatic rings. The van der Waals surface area contributed by atoms with E-state index < -0.39 is 12.1 Å². The zero-order valence-corrected chi connectivity index (χ0v) is 10.7. The molecular weight excluding hydrogens is 244 g/mol. The number of nitrogens with two attached hydrogens (primary N) is 1. The van der Waals surface area contributed by atoms with E-state index in [1.807, 2.05) is 30.3 Å². The third kappa shape index (κ3) is 3.27. The van der Waals surface area contributed by atoms with E-state index in [2.05, 4.69) is 9.82 Å². The Bertz CT molecular complexity index is 571. The molecule has 0 bridgehead atoms. The minimum Gasteiger partial charge on any atom is -0.464 e. The van der Waals surface area contributed by atoms with Crippen LogP contribution in [0.4, 0.5) is 0 Å². The molecule has 5 nitrogen and oxygen atoms in total. The Hall–Kier alpha value is -1.98. The largest absolute Gasteiger partial charge is 0.464 e. The predicted octanol–water partition coefficient (Wildman–Crippen LogP) is 1.60. The second-order valence-electron chi connectivity index (χ2n) is 4.12. The van der Waals surface area contributed by atoms with Crippen molar-refractivity contribution in [2.45, 2.75) is 19.4 Å². The first-order valence-electron chi connectivity index (χ1n) is 6.10. The monoisotopic (exact) mass is 260 g/mol. The molecule has 2 rings (SSSR count). The van der Waals surface area contributed by atoms with Crippen LogP contribution in [0.5, 0.6) is 0 Å². The van der Waals surface area contributed by atoms with E-state index in [4.69, 9.17) is 10.6 Å². The van der Waals surface area contributed by atoms with Crippen molar-refractivity contribution in [3.8, 4) is 0 Å². The van der Waals surface area contributed by atoms with Crippen LogP contribution in [0, 0.1) is 0 Å². The summed E-state index contributed by atoms with van der Waals surface area (Å²) < 4.78 is 4.89. The van der Waals surface area contributed by atoms with Crippen LogP contribution in [0.1, 0.15) is 12.5 Å². The van der Waals surface area contributed by atoms with Crippen LogP contribution >= 0.6 is 0 Å². The molecule has 0 amide bonds. The number of hydrogen-bond acceptors (Lipinski definition) is 5. The lowest BCUT2D eigenvalue weighted by Crippen LogP contribution is -2.31. The van der Waals surface area contributed by atoms with E-state index >= 15 is 0 Å². The average Bonchev–Trinajstić information content (AvgIpc) is 2.44. The molecule has 1 heterocycles. The molecule has 0 saturated carbocycles. The normalized spacial score (nSPS) is 12.3. The van der Waals surface area contributed by atoms with Gasteiger partial charge in [-0.3, -0.25) is 9.82 Å². The van der Waals surface area contributed by atoms with Crippen molar-refractivity contribution in [3.05, 3.63) is 42.1 Å². The number of ether oxygens (including phenoxy) is 1. The summed E-state index contributed by atoms with van der Waals surface area (Å²) in [6.07, 6.45) is 1.25. The van der Waals surface area contributed by atoms with Crippen molar-refractivity contribution in [3.63, 3.8) is 0 Å². The Kier molecular flexibility index (Phi) is 4.43. The molecular formula is C14H16N2O3. The van der Waals surface area contributed by atoms with E-state index in [1.54, 1.807) is 13.1 Å². The lowest BCUT2D eigenvalue weighted by molar-refractivity contribution is -0.156. The molecule has 2 N–H and O–H groups in total. The Morgan fingerprint density at radius 1 is 1.42 bits per heavy atom. The summed E-state index contributed by atoms with van der Waals surface area (Å²) in [7, 11) is 0. The molecule has 100 valence electrons. The topological polar surface area (TPSA) is 74.4 Å². The first-order chi connectivity index (χ1) is 9.24. The second kappa shape index (κ2) is 6.26. The van der Waals surface area contributed by atoms with Gasteiger partial charge < -0.3 is 4.74 Å². The van der Waals surface area contributed by atoms with Gasteiger partial charge in [-0.15, -0.1) is 0 Å². The van der Waals surface area contributed by atoms with Gasteiger partial charge >= 0.3 is 5.97 Å². The molecule has 0 radical (unpaired) electrons. The number of esters is 1. The summed E-state index contributed by atoms with van der Waals surface area (Å²) in [5.74, 6) is 4.68.